The second-order valence-corrected chi connectivity index (χ2v) is 7.07. The third-order valence-electron chi connectivity index (χ3n) is 4.68. The summed E-state index contributed by atoms with van der Waals surface area (Å²) in [7, 11) is -1.29. The van der Waals surface area contributed by atoms with Crippen LogP contribution in [-0.2, 0) is 14.1 Å². The van der Waals surface area contributed by atoms with E-state index in [0.29, 0.717) is 5.56 Å². The molecule has 0 spiro atoms. The summed E-state index contributed by atoms with van der Waals surface area (Å²) in [5.41, 5.74) is 3.65. The van der Waals surface area contributed by atoms with Crippen LogP contribution >= 0.6 is 0 Å². The van der Waals surface area contributed by atoms with E-state index in [0.717, 1.165) is 0 Å². The summed E-state index contributed by atoms with van der Waals surface area (Å²) in [5, 5.41) is 9.04. The van der Waals surface area contributed by atoms with Crippen molar-refractivity contribution < 1.29 is 28.0 Å². The van der Waals surface area contributed by atoms with E-state index in [1.54, 1.807) is 27.7 Å². The molecule has 0 aliphatic carbocycles. The molecule has 1 fully saturated rings. The number of benzene rings is 1. The van der Waals surface area contributed by atoms with E-state index in [1.165, 1.54) is 24.3 Å². The molecule has 1 atom stereocenters. The highest BCUT2D eigenvalue weighted by Gasteiger charge is 2.53. The van der Waals surface area contributed by atoms with Crippen molar-refractivity contribution in [3.63, 3.8) is 0 Å². The zero-order chi connectivity index (χ0) is 19.0. The SMILES string of the molecule is CC1(C)OB(C(F)=C(CC(N)C(=O)O)c2ccc(F)cc2)OC1(C)C. The summed E-state index contributed by atoms with van der Waals surface area (Å²) < 4.78 is 39.7. The highest BCUT2D eigenvalue weighted by Crippen LogP contribution is 2.40. The molecule has 25 heavy (non-hydrogen) atoms. The summed E-state index contributed by atoms with van der Waals surface area (Å²) in [6.45, 7) is 7.11. The molecule has 2 rings (SSSR count). The van der Waals surface area contributed by atoms with Crippen molar-refractivity contribution in [2.75, 3.05) is 0 Å². The van der Waals surface area contributed by atoms with E-state index in [4.69, 9.17) is 20.1 Å². The van der Waals surface area contributed by atoms with E-state index in [9.17, 15) is 9.18 Å². The summed E-state index contributed by atoms with van der Waals surface area (Å²) in [4.78, 5) is 11.1. The first kappa shape index (κ1) is 19.6. The first-order valence-electron chi connectivity index (χ1n) is 7.93. The Bertz CT molecular complexity index is 672. The number of hydrogen-bond acceptors (Lipinski definition) is 4. The Labute approximate surface area is 145 Å². The monoisotopic (exact) mass is 353 g/mol. The van der Waals surface area contributed by atoms with Gasteiger partial charge in [-0.3, -0.25) is 4.79 Å². The second kappa shape index (κ2) is 6.86. The molecule has 1 unspecified atom stereocenters. The number of nitrogens with two attached hydrogens (primary N) is 1. The lowest BCUT2D eigenvalue weighted by atomic mass is 9.81. The van der Waals surface area contributed by atoms with Gasteiger partial charge in [0.15, 0.2) is 0 Å². The quantitative estimate of drug-likeness (QED) is 0.796. The van der Waals surface area contributed by atoms with Crippen molar-refractivity contribution in [3.8, 4) is 0 Å². The van der Waals surface area contributed by atoms with Gasteiger partial charge in [-0.15, -0.1) is 0 Å². The molecule has 3 N–H and O–H groups in total. The van der Waals surface area contributed by atoms with E-state index >= 15 is 4.39 Å². The number of aliphatic carboxylic acids is 1. The molecule has 0 saturated carbocycles. The van der Waals surface area contributed by atoms with Crippen LogP contribution in [0, 0.1) is 5.82 Å². The Morgan fingerprint density at radius 3 is 2.12 bits per heavy atom. The fraction of sp³-hybridized carbons (Fsp3) is 0.471. The predicted molar refractivity (Wildman–Crippen MR) is 90.7 cm³/mol. The lowest BCUT2D eigenvalue weighted by Gasteiger charge is -2.32. The van der Waals surface area contributed by atoms with Crippen LogP contribution in [0.25, 0.3) is 5.57 Å². The van der Waals surface area contributed by atoms with Crippen LogP contribution < -0.4 is 5.73 Å². The predicted octanol–water partition coefficient (Wildman–Crippen LogP) is 2.94. The summed E-state index contributed by atoms with van der Waals surface area (Å²) >= 11 is 0. The van der Waals surface area contributed by atoms with Gasteiger partial charge in [-0.2, -0.15) is 0 Å². The van der Waals surface area contributed by atoms with Gasteiger partial charge in [0.05, 0.1) is 11.2 Å². The molecule has 1 aliphatic rings. The number of carbonyl (C=O) groups is 1. The molecule has 1 saturated heterocycles. The van der Waals surface area contributed by atoms with Crippen LogP contribution in [0.1, 0.15) is 39.7 Å². The standard InChI is InChI=1S/C17H22BF2NO4/c1-16(2)17(3,4)25-18(24-16)14(20)12(9-13(21)15(22)23)10-5-7-11(19)8-6-10/h5-8,13H,9,21H2,1-4H3,(H,22,23). The van der Waals surface area contributed by atoms with Gasteiger partial charge in [-0.25, -0.2) is 8.78 Å². The highest BCUT2D eigenvalue weighted by atomic mass is 19.1. The lowest BCUT2D eigenvalue weighted by molar-refractivity contribution is -0.138. The molecule has 0 aromatic heterocycles. The van der Waals surface area contributed by atoms with Gasteiger partial charge >= 0.3 is 13.1 Å². The van der Waals surface area contributed by atoms with Gasteiger partial charge in [0.2, 0.25) is 0 Å². The van der Waals surface area contributed by atoms with Crippen LogP contribution in [-0.4, -0.2) is 35.4 Å². The Morgan fingerprint density at radius 1 is 1.20 bits per heavy atom. The Balaban J connectivity index is 2.44. The summed E-state index contributed by atoms with van der Waals surface area (Å²) in [6.07, 6.45) is -0.281. The lowest BCUT2D eigenvalue weighted by Crippen LogP contribution is -2.41. The smallest absolute Gasteiger partial charge is 0.480 e. The Hall–Kier alpha value is -1.77. The topological polar surface area (TPSA) is 81.8 Å². The average Bonchev–Trinajstić information content (AvgIpc) is 2.73. The van der Waals surface area contributed by atoms with E-state index in [2.05, 4.69) is 0 Å². The van der Waals surface area contributed by atoms with Gasteiger partial charge in [0.25, 0.3) is 0 Å². The van der Waals surface area contributed by atoms with Crippen LogP contribution in [0.2, 0.25) is 0 Å². The van der Waals surface area contributed by atoms with Crippen molar-refractivity contribution in [1.82, 2.24) is 0 Å². The van der Waals surface area contributed by atoms with Crippen LogP contribution in [0.3, 0.4) is 0 Å². The van der Waals surface area contributed by atoms with Crippen molar-refractivity contribution >= 4 is 18.7 Å². The fourth-order valence-corrected chi connectivity index (χ4v) is 2.40. The number of halogens is 2. The van der Waals surface area contributed by atoms with Crippen molar-refractivity contribution in [3.05, 3.63) is 41.4 Å². The Morgan fingerprint density at radius 2 is 1.68 bits per heavy atom. The van der Waals surface area contributed by atoms with E-state index in [1.807, 2.05) is 0 Å². The number of carboxylic acids is 1. The van der Waals surface area contributed by atoms with Crippen LogP contribution in [0.4, 0.5) is 8.78 Å². The third kappa shape index (κ3) is 4.08. The zero-order valence-corrected chi connectivity index (χ0v) is 14.7. The molecule has 0 amide bonds. The average molecular weight is 353 g/mol. The summed E-state index contributed by atoms with van der Waals surface area (Å²) in [5.74, 6) is -1.75. The molecule has 8 heteroatoms. The van der Waals surface area contributed by atoms with Crippen LogP contribution in [0.15, 0.2) is 30.0 Å². The van der Waals surface area contributed by atoms with Gasteiger partial charge in [0, 0.05) is 6.42 Å². The fourth-order valence-electron chi connectivity index (χ4n) is 2.40. The van der Waals surface area contributed by atoms with Gasteiger partial charge in [-0.05, 0) is 51.0 Å². The molecule has 1 aromatic carbocycles. The maximum absolute atomic E-state index is 15.2. The minimum absolute atomic E-state index is 0.0217. The van der Waals surface area contributed by atoms with Gasteiger partial charge in [-0.1, -0.05) is 12.1 Å². The minimum atomic E-state index is -1.31. The Kier molecular flexibility index (Phi) is 5.37. The normalized spacial score (nSPS) is 21.0. The zero-order valence-electron chi connectivity index (χ0n) is 14.7. The van der Waals surface area contributed by atoms with Gasteiger partial charge < -0.3 is 20.1 Å². The molecule has 136 valence electrons. The largest absolute Gasteiger partial charge is 0.525 e. The van der Waals surface area contributed by atoms with E-state index < -0.39 is 41.9 Å². The molecule has 5 nitrogen and oxygen atoms in total. The van der Waals surface area contributed by atoms with Gasteiger partial charge in [0.1, 0.15) is 17.6 Å². The molecule has 1 aliphatic heterocycles. The maximum Gasteiger partial charge on any atom is 0.525 e. The minimum Gasteiger partial charge on any atom is -0.480 e. The molecule has 0 bridgehead atoms. The first-order chi connectivity index (χ1) is 11.4. The van der Waals surface area contributed by atoms with Crippen molar-refractivity contribution in [2.24, 2.45) is 5.73 Å². The third-order valence-corrected chi connectivity index (χ3v) is 4.68. The number of carboxylic acid groups (broad SMARTS) is 1. The second-order valence-electron chi connectivity index (χ2n) is 7.07. The van der Waals surface area contributed by atoms with E-state index in [-0.39, 0.29) is 12.0 Å². The van der Waals surface area contributed by atoms with Crippen molar-refractivity contribution in [2.45, 2.75) is 51.4 Å². The highest BCUT2D eigenvalue weighted by molar-refractivity contribution is 6.55. The first-order valence-corrected chi connectivity index (χ1v) is 7.93. The van der Waals surface area contributed by atoms with Crippen LogP contribution in [0.5, 0.6) is 0 Å². The molecule has 1 aromatic rings. The van der Waals surface area contributed by atoms with Crippen molar-refractivity contribution in [1.29, 1.82) is 0 Å². The number of hydrogen-bond donors (Lipinski definition) is 2. The number of rotatable bonds is 5. The maximum atomic E-state index is 15.2. The summed E-state index contributed by atoms with van der Waals surface area (Å²) in [6, 6.07) is 3.75. The molecular formula is C17H22BF2NO4. The molecular weight excluding hydrogens is 331 g/mol. The molecule has 1 heterocycles. The molecule has 0 radical (unpaired) electrons.